The topological polar surface area (TPSA) is 212 Å². The first-order valence-corrected chi connectivity index (χ1v) is 18.8. The number of imide groups is 1. The second-order valence-electron chi connectivity index (χ2n) is 12.7. The van der Waals surface area contributed by atoms with Gasteiger partial charge in [0.15, 0.2) is 6.61 Å². The number of benzene rings is 3. The van der Waals surface area contributed by atoms with Crippen LogP contribution in [0.3, 0.4) is 0 Å². The summed E-state index contributed by atoms with van der Waals surface area (Å²) in [4.78, 5) is 68.3. The van der Waals surface area contributed by atoms with Gasteiger partial charge in [-0.15, -0.1) is 11.8 Å². The molecule has 3 amide bonds. The summed E-state index contributed by atoms with van der Waals surface area (Å²) in [5.74, 6) is -2.08. The summed E-state index contributed by atoms with van der Waals surface area (Å²) in [5, 5.41) is 19.7. The second kappa shape index (κ2) is 11.9. The molecule has 7 atom stereocenters. The number of hydrogen-bond acceptors (Lipinski definition) is 11. The summed E-state index contributed by atoms with van der Waals surface area (Å²) >= 11 is 2.72. The Hall–Kier alpha value is -4.84. The first kappa shape index (κ1) is 32.4. The number of rotatable bonds is 8. The molecule has 14 nitrogen and oxygen atoms in total. The van der Waals surface area contributed by atoms with Gasteiger partial charge in [-0.3, -0.25) is 34.2 Å². The molecule has 0 radical (unpaired) electrons. The molecule has 4 aromatic rings. The first-order valence-electron chi connectivity index (χ1n) is 15.6. The number of thioether (sulfide) groups is 1. The highest BCUT2D eigenvalue weighted by atomic mass is 32.2. The quantitative estimate of drug-likeness (QED) is 0.136. The van der Waals surface area contributed by atoms with Crippen LogP contribution in [0.1, 0.15) is 22.8 Å². The van der Waals surface area contributed by atoms with Gasteiger partial charge in [0, 0.05) is 33.9 Å². The fourth-order valence-corrected chi connectivity index (χ4v) is 11.6. The lowest BCUT2D eigenvalue weighted by molar-refractivity contribution is -0.384. The highest BCUT2D eigenvalue weighted by molar-refractivity contribution is 8.00. The lowest BCUT2D eigenvalue weighted by Gasteiger charge is -2.43. The van der Waals surface area contributed by atoms with E-state index in [0.717, 1.165) is 26.8 Å². The minimum absolute atomic E-state index is 0.0174. The molecular formula is C33H27N5O9S3. The van der Waals surface area contributed by atoms with Gasteiger partial charge in [-0.05, 0) is 78.3 Å². The molecule has 2 bridgehead atoms. The summed E-state index contributed by atoms with van der Waals surface area (Å²) < 4.78 is 28.6. The number of hydrogen-bond donors (Lipinski definition) is 3. The van der Waals surface area contributed by atoms with E-state index in [2.05, 4.69) is 10.3 Å². The van der Waals surface area contributed by atoms with Crippen LogP contribution in [0.2, 0.25) is 0 Å². The van der Waals surface area contributed by atoms with Crippen LogP contribution in [0, 0.1) is 39.7 Å². The van der Waals surface area contributed by atoms with Crippen LogP contribution in [-0.4, -0.2) is 47.9 Å². The second-order valence-corrected chi connectivity index (χ2v) is 16.5. The van der Waals surface area contributed by atoms with Gasteiger partial charge < -0.3 is 15.0 Å². The number of ether oxygens (including phenoxy) is 1. The number of fused-ring (bicyclic) bond motifs is 9. The lowest BCUT2D eigenvalue weighted by Crippen LogP contribution is -2.42. The lowest BCUT2D eigenvalue weighted by atomic mass is 9.68. The molecule has 0 spiro atoms. The fraction of sp³-hybridized carbons (Fsp3) is 0.273. The number of nitrogens with two attached hydrogens (primary N) is 1. The molecule has 8 rings (SSSR count). The van der Waals surface area contributed by atoms with Crippen LogP contribution in [0.25, 0.3) is 0 Å². The Labute approximate surface area is 292 Å². The standard InChI is InChI=1S/C33H27N5O9S3/c34-50(45,46)20-11-3-16(4-12-20)35-23(39)14-47-19-9-1-15(2-10-19)24-25-21-13-22(28(25)48-30-29(24)49-33(42)36-30)27-26(21)31(40)37(32(27)41)17-5-7-18(8-6-17)38(43)44/h1-12,21-22,24-28H,13-14H2,(H,35,39)(H,36,42)(H2,34,45,46)/t21?,22?,24-,25?,26?,27?,28?/m1/s1. The molecular weight excluding hydrogens is 707 g/mol. The van der Waals surface area contributed by atoms with Crippen molar-refractivity contribution >= 4 is 67.9 Å². The van der Waals surface area contributed by atoms with E-state index < -0.39 is 32.7 Å². The molecule has 3 fully saturated rings. The Bertz CT molecular complexity index is 2240. The fourth-order valence-electron chi connectivity index (χ4n) is 8.21. The van der Waals surface area contributed by atoms with Crippen molar-refractivity contribution in [3.05, 3.63) is 103 Å². The van der Waals surface area contributed by atoms with Crippen molar-refractivity contribution in [3.8, 4) is 5.75 Å². The molecule has 17 heteroatoms. The monoisotopic (exact) mass is 733 g/mol. The molecule has 3 aromatic carbocycles. The Morgan fingerprint density at radius 3 is 2.28 bits per heavy atom. The number of amides is 3. The van der Waals surface area contributed by atoms with Gasteiger partial charge in [0.05, 0.1) is 32.4 Å². The van der Waals surface area contributed by atoms with Crippen molar-refractivity contribution in [3.63, 3.8) is 0 Å². The third-order valence-electron chi connectivity index (χ3n) is 10.1. The molecule has 4 aliphatic rings. The molecule has 2 aliphatic heterocycles. The SMILES string of the molecule is NS(=O)(=O)c1ccc(NC(=O)COc2ccc([C@H]3c4sc(=O)[nH]c4SC4C5CC(C6C(=O)N(c7ccc([N+](=O)[O-])cc7)C(=O)C56)C43)cc2)cc1. The number of carbonyl (C=O) groups excluding carboxylic acids is 3. The number of aromatic amines is 1. The number of nitrogens with one attached hydrogen (secondary N) is 2. The van der Waals surface area contributed by atoms with E-state index in [9.17, 15) is 37.7 Å². The average Bonchev–Trinajstić information content (AvgIpc) is 3.82. The number of H-pyrrole nitrogens is 1. The van der Waals surface area contributed by atoms with Gasteiger partial charge in [0.1, 0.15) is 5.75 Å². The molecule has 6 unspecified atom stereocenters. The number of aromatic nitrogens is 1. The zero-order chi connectivity index (χ0) is 35.1. The number of primary sulfonamides is 1. The molecule has 2 aliphatic carbocycles. The zero-order valence-corrected chi connectivity index (χ0v) is 28.2. The molecule has 50 heavy (non-hydrogen) atoms. The van der Waals surface area contributed by atoms with Crippen molar-refractivity contribution in [2.24, 2.45) is 34.7 Å². The summed E-state index contributed by atoms with van der Waals surface area (Å²) in [6, 6.07) is 18.1. The Morgan fingerprint density at radius 1 is 0.980 bits per heavy atom. The first-order chi connectivity index (χ1) is 23.9. The van der Waals surface area contributed by atoms with Crippen molar-refractivity contribution in [1.82, 2.24) is 4.98 Å². The summed E-state index contributed by atoms with van der Waals surface area (Å²) in [7, 11) is -3.86. The molecule has 3 heterocycles. The van der Waals surface area contributed by atoms with Crippen LogP contribution < -0.4 is 25.0 Å². The number of carbonyl (C=O) groups is 3. The van der Waals surface area contributed by atoms with Crippen molar-refractivity contribution in [1.29, 1.82) is 0 Å². The van der Waals surface area contributed by atoms with Crippen LogP contribution in [0.5, 0.6) is 5.75 Å². The van der Waals surface area contributed by atoms with Gasteiger partial charge >= 0.3 is 4.87 Å². The van der Waals surface area contributed by atoms with E-state index in [-0.39, 0.29) is 62.8 Å². The number of nitro benzene ring substituents is 1. The summed E-state index contributed by atoms with van der Waals surface area (Å²) in [6.45, 7) is -0.307. The van der Waals surface area contributed by atoms with Crippen molar-refractivity contribution < 1.29 is 32.5 Å². The van der Waals surface area contributed by atoms with Gasteiger partial charge in [-0.2, -0.15) is 0 Å². The Kier molecular flexibility index (Phi) is 7.70. The number of anilines is 2. The van der Waals surface area contributed by atoms with Crippen LogP contribution >= 0.6 is 23.1 Å². The van der Waals surface area contributed by atoms with E-state index in [1.54, 1.807) is 23.9 Å². The van der Waals surface area contributed by atoms with Crippen LogP contribution in [0.4, 0.5) is 17.1 Å². The van der Waals surface area contributed by atoms with Gasteiger partial charge in [0.2, 0.25) is 21.8 Å². The molecule has 1 aromatic heterocycles. The van der Waals surface area contributed by atoms with E-state index in [1.807, 2.05) is 12.1 Å². The molecule has 1 saturated heterocycles. The van der Waals surface area contributed by atoms with E-state index >= 15 is 0 Å². The summed E-state index contributed by atoms with van der Waals surface area (Å²) in [6.07, 6.45) is 0.708. The number of thiazole rings is 1. The predicted octanol–water partition coefficient (Wildman–Crippen LogP) is 3.69. The third kappa shape index (κ3) is 5.31. The van der Waals surface area contributed by atoms with Gasteiger partial charge in [0.25, 0.3) is 11.6 Å². The summed E-state index contributed by atoms with van der Waals surface area (Å²) in [5.41, 5.74) is 1.47. The normalized spacial score (nSPS) is 26.3. The van der Waals surface area contributed by atoms with E-state index in [0.29, 0.717) is 23.5 Å². The largest absolute Gasteiger partial charge is 0.484 e. The predicted molar refractivity (Wildman–Crippen MR) is 182 cm³/mol. The average molecular weight is 734 g/mol. The van der Waals surface area contributed by atoms with Crippen LogP contribution in [-0.2, 0) is 24.4 Å². The Morgan fingerprint density at radius 2 is 1.64 bits per heavy atom. The number of nitrogens with zero attached hydrogens (tertiary/aromatic N) is 2. The number of non-ortho nitro benzene ring substituents is 1. The highest BCUT2D eigenvalue weighted by Gasteiger charge is 2.69. The van der Waals surface area contributed by atoms with Crippen LogP contribution in [0.15, 0.2) is 87.5 Å². The van der Waals surface area contributed by atoms with Crippen molar-refractivity contribution in [2.45, 2.75) is 27.5 Å². The molecule has 4 N–H and O–H groups in total. The highest BCUT2D eigenvalue weighted by Crippen LogP contribution is 2.68. The molecule has 256 valence electrons. The maximum atomic E-state index is 13.9. The molecule has 2 saturated carbocycles. The van der Waals surface area contributed by atoms with E-state index in [4.69, 9.17) is 9.88 Å². The Balaban J connectivity index is 1.01. The maximum absolute atomic E-state index is 13.9. The number of nitro groups is 1. The smallest absolute Gasteiger partial charge is 0.305 e. The third-order valence-corrected chi connectivity index (χ3v) is 13.6. The minimum atomic E-state index is -3.86. The zero-order valence-electron chi connectivity index (χ0n) is 25.8. The maximum Gasteiger partial charge on any atom is 0.305 e. The minimum Gasteiger partial charge on any atom is -0.484 e. The van der Waals surface area contributed by atoms with Crippen molar-refractivity contribution in [2.75, 3.05) is 16.8 Å². The van der Waals surface area contributed by atoms with Gasteiger partial charge in [-0.1, -0.05) is 23.5 Å². The van der Waals surface area contributed by atoms with Gasteiger partial charge in [-0.25, -0.2) is 13.6 Å². The van der Waals surface area contributed by atoms with E-state index in [1.165, 1.54) is 53.4 Å². The number of sulfonamides is 1.